The van der Waals surface area contributed by atoms with Crippen molar-refractivity contribution < 1.29 is 13.9 Å². The SMILES string of the molecule is CN(c1ccc(-n2nnc(S)c2-c2cccc3ccccc23)c(O)c1)S(=O)O. The van der Waals surface area contributed by atoms with E-state index < -0.39 is 11.3 Å². The highest BCUT2D eigenvalue weighted by molar-refractivity contribution is 7.80. The third-order valence-electron chi connectivity index (χ3n) is 4.48. The van der Waals surface area contributed by atoms with Gasteiger partial charge in [0, 0.05) is 18.7 Å². The molecule has 0 spiro atoms. The summed E-state index contributed by atoms with van der Waals surface area (Å²) < 4.78 is 23.1. The van der Waals surface area contributed by atoms with Gasteiger partial charge < -0.3 is 5.11 Å². The molecule has 3 aromatic carbocycles. The van der Waals surface area contributed by atoms with Crippen LogP contribution in [0.3, 0.4) is 0 Å². The molecule has 0 saturated heterocycles. The average molecular weight is 412 g/mol. The lowest BCUT2D eigenvalue weighted by atomic mass is 10.0. The summed E-state index contributed by atoms with van der Waals surface area (Å²) in [5.41, 5.74) is 2.30. The lowest BCUT2D eigenvalue weighted by Gasteiger charge is -2.16. The van der Waals surface area contributed by atoms with E-state index in [1.807, 2.05) is 42.5 Å². The first-order valence-electron chi connectivity index (χ1n) is 8.28. The quantitative estimate of drug-likeness (QED) is 0.352. The van der Waals surface area contributed by atoms with Gasteiger partial charge in [0.15, 0.2) is 0 Å². The van der Waals surface area contributed by atoms with Crippen LogP contribution in [0.1, 0.15) is 0 Å². The maximum atomic E-state index is 11.3. The number of anilines is 1. The molecule has 2 N–H and O–H groups in total. The number of nitrogens with zero attached hydrogens (tertiary/aromatic N) is 4. The minimum atomic E-state index is -2.19. The number of rotatable bonds is 4. The number of benzene rings is 3. The number of phenolic OH excluding ortho intramolecular Hbond substituents is 1. The minimum Gasteiger partial charge on any atom is -0.506 e. The predicted molar refractivity (Wildman–Crippen MR) is 112 cm³/mol. The molecule has 1 aromatic heterocycles. The fourth-order valence-electron chi connectivity index (χ4n) is 3.09. The van der Waals surface area contributed by atoms with Crippen molar-refractivity contribution in [3.63, 3.8) is 0 Å². The predicted octanol–water partition coefficient (Wildman–Crippen LogP) is 3.65. The zero-order valence-corrected chi connectivity index (χ0v) is 16.4. The topological polar surface area (TPSA) is 91.5 Å². The second-order valence-corrected chi connectivity index (χ2v) is 7.53. The molecule has 0 bridgehead atoms. The molecule has 7 nitrogen and oxygen atoms in total. The molecule has 0 amide bonds. The first kappa shape index (κ1) is 18.5. The van der Waals surface area contributed by atoms with Gasteiger partial charge in [0.05, 0.1) is 5.69 Å². The van der Waals surface area contributed by atoms with Crippen molar-refractivity contribution in [2.45, 2.75) is 5.03 Å². The van der Waals surface area contributed by atoms with E-state index in [0.717, 1.165) is 20.6 Å². The largest absolute Gasteiger partial charge is 0.506 e. The van der Waals surface area contributed by atoms with Crippen molar-refractivity contribution in [3.8, 4) is 22.7 Å². The standard InChI is InChI=1S/C19H16N4O3S2/c1-22(28(25)26)13-9-10-16(17(24)11-13)23-18(19(27)20-21-23)15-8-4-6-12-5-2-3-7-14(12)15/h2-11,24,27H,1H3,(H,25,26). The average Bonchev–Trinajstić information content (AvgIpc) is 3.07. The summed E-state index contributed by atoms with van der Waals surface area (Å²) in [6.07, 6.45) is 0. The molecule has 0 aliphatic carbocycles. The molecule has 1 atom stereocenters. The Balaban J connectivity index is 1.89. The van der Waals surface area contributed by atoms with Crippen LogP contribution in [0.25, 0.3) is 27.7 Å². The smallest absolute Gasteiger partial charge is 0.261 e. The maximum Gasteiger partial charge on any atom is 0.261 e. The molecule has 4 rings (SSSR count). The molecule has 142 valence electrons. The first-order chi connectivity index (χ1) is 13.5. The first-order valence-corrected chi connectivity index (χ1v) is 9.79. The van der Waals surface area contributed by atoms with Crippen molar-refractivity contribution in [3.05, 3.63) is 60.7 Å². The van der Waals surface area contributed by atoms with Gasteiger partial charge in [0.1, 0.15) is 22.2 Å². The van der Waals surface area contributed by atoms with Gasteiger partial charge in [0.25, 0.3) is 11.3 Å². The Kier molecular flexibility index (Phi) is 4.80. The van der Waals surface area contributed by atoms with Crippen molar-refractivity contribution >= 4 is 40.4 Å². The summed E-state index contributed by atoms with van der Waals surface area (Å²) >= 11 is 2.27. The van der Waals surface area contributed by atoms with Gasteiger partial charge in [0.2, 0.25) is 0 Å². The minimum absolute atomic E-state index is 0.102. The van der Waals surface area contributed by atoms with E-state index in [1.54, 1.807) is 12.1 Å². The molecule has 4 aromatic rings. The summed E-state index contributed by atoms with van der Waals surface area (Å²) in [5.74, 6) is -0.102. The van der Waals surface area contributed by atoms with Crippen LogP contribution in [0.4, 0.5) is 5.69 Å². The molecule has 0 saturated carbocycles. The zero-order chi connectivity index (χ0) is 19.8. The van der Waals surface area contributed by atoms with E-state index in [2.05, 4.69) is 22.9 Å². The molecular formula is C19H16N4O3S2. The van der Waals surface area contributed by atoms with E-state index in [9.17, 15) is 13.9 Å². The number of hydrogen-bond acceptors (Lipinski definition) is 5. The molecule has 28 heavy (non-hydrogen) atoms. The van der Waals surface area contributed by atoms with Gasteiger partial charge >= 0.3 is 0 Å². The highest BCUT2D eigenvalue weighted by atomic mass is 32.2. The second kappa shape index (κ2) is 7.27. The van der Waals surface area contributed by atoms with Gasteiger partial charge in [-0.15, -0.1) is 17.7 Å². The van der Waals surface area contributed by atoms with Crippen molar-refractivity contribution in [2.75, 3.05) is 11.4 Å². The Morgan fingerprint density at radius 1 is 1.11 bits per heavy atom. The van der Waals surface area contributed by atoms with Crippen LogP contribution >= 0.6 is 12.6 Å². The van der Waals surface area contributed by atoms with Crippen LogP contribution in [-0.2, 0) is 11.3 Å². The molecule has 0 aliphatic heterocycles. The molecule has 0 radical (unpaired) electrons. The highest BCUT2D eigenvalue weighted by Gasteiger charge is 2.19. The van der Waals surface area contributed by atoms with Crippen molar-refractivity contribution in [1.29, 1.82) is 0 Å². The van der Waals surface area contributed by atoms with Crippen molar-refractivity contribution in [1.82, 2.24) is 15.0 Å². The lowest BCUT2D eigenvalue weighted by molar-refractivity contribution is 0.470. The molecule has 9 heteroatoms. The monoisotopic (exact) mass is 412 g/mol. The molecule has 0 fully saturated rings. The summed E-state index contributed by atoms with van der Waals surface area (Å²) in [6, 6.07) is 18.5. The van der Waals surface area contributed by atoms with E-state index in [-0.39, 0.29) is 5.75 Å². The van der Waals surface area contributed by atoms with Gasteiger partial charge in [-0.05, 0) is 22.9 Å². The summed E-state index contributed by atoms with van der Waals surface area (Å²) in [7, 11) is 1.45. The van der Waals surface area contributed by atoms with Gasteiger partial charge in [-0.2, -0.15) is 0 Å². The van der Waals surface area contributed by atoms with Gasteiger partial charge in [-0.3, -0.25) is 8.86 Å². The third-order valence-corrected chi connectivity index (χ3v) is 5.46. The van der Waals surface area contributed by atoms with Crippen LogP contribution in [0.2, 0.25) is 0 Å². The zero-order valence-electron chi connectivity index (χ0n) is 14.7. The fourth-order valence-corrected chi connectivity index (χ4v) is 3.64. The Morgan fingerprint density at radius 3 is 2.61 bits per heavy atom. The number of fused-ring (bicyclic) bond motifs is 1. The van der Waals surface area contributed by atoms with E-state index in [4.69, 9.17) is 0 Å². The third kappa shape index (κ3) is 3.13. The second-order valence-electron chi connectivity index (χ2n) is 6.10. The number of thiol groups is 1. The van der Waals surface area contributed by atoms with Crippen LogP contribution < -0.4 is 4.31 Å². The van der Waals surface area contributed by atoms with E-state index >= 15 is 0 Å². The number of phenols is 1. The molecule has 1 unspecified atom stereocenters. The number of aromatic nitrogens is 3. The summed E-state index contributed by atoms with van der Waals surface area (Å²) in [4.78, 5) is 0. The maximum absolute atomic E-state index is 11.3. The molecule has 1 heterocycles. The Hall–Kier alpha value is -2.88. The number of aromatic hydroxyl groups is 1. The van der Waals surface area contributed by atoms with Crippen LogP contribution in [0.15, 0.2) is 65.7 Å². The van der Waals surface area contributed by atoms with Crippen molar-refractivity contribution in [2.24, 2.45) is 0 Å². The van der Waals surface area contributed by atoms with Crippen LogP contribution in [0.5, 0.6) is 5.75 Å². The Bertz CT molecular complexity index is 1200. The highest BCUT2D eigenvalue weighted by Crippen LogP contribution is 2.36. The van der Waals surface area contributed by atoms with E-state index in [1.165, 1.54) is 17.8 Å². The summed E-state index contributed by atoms with van der Waals surface area (Å²) in [6.45, 7) is 0. The van der Waals surface area contributed by atoms with E-state index in [0.29, 0.717) is 22.1 Å². The van der Waals surface area contributed by atoms with Crippen LogP contribution in [-0.4, -0.2) is 35.9 Å². The molecule has 0 aliphatic rings. The summed E-state index contributed by atoms with van der Waals surface area (Å²) in [5, 5.41) is 21.3. The van der Waals surface area contributed by atoms with Crippen LogP contribution in [0, 0.1) is 0 Å². The number of hydrogen-bond donors (Lipinski definition) is 3. The van der Waals surface area contributed by atoms with Gasteiger partial charge in [-0.1, -0.05) is 47.7 Å². The normalized spacial score (nSPS) is 12.2. The van der Waals surface area contributed by atoms with Gasteiger partial charge in [-0.25, -0.2) is 8.89 Å². The Morgan fingerprint density at radius 2 is 1.86 bits per heavy atom. The Labute approximate surface area is 169 Å². The lowest BCUT2D eigenvalue weighted by Crippen LogP contribution is -2.19. The fraction of sp³-hybridized carbons (Fsp3) is 0.0526. The molecular weight excluding hydrogens is 396 g/mol.